The summed E-state index contributed by atoms with van der Waals surface area (Å²) in [5.41, 5.74) is 0.336. The van der Waals surface area contributed by atoms with Crippen LogP contribution in [0.5, 0.6) is 0 Å². The van der Waals surface area contributed by atoms with E-state index in [-0.39, 0.29) is 5.28 Å². The van der Waals surface area contributed by atoms with Gasteiger partial charge in [-0.2, -0.15) is 4.98 Å². The van der Waals surface area contributed by atoms with Gasteiger partial charge in [-0.25, -0.2) is 9.78 Å². The van der Waals surface area contributed by atoms with Crippen LogP contribution in [0.15, 0.2) is 6.20 Å². The molecule has 2 rings (SSSR count). The van der Waals surface area contributed by atoms with Crippen LogP contribution in [0.25, 0.3) is 0 Å². The highest BCUT2D eigenvalue weighted by Crippen LogP contribution is 2.24. The van der Waals surface area contributed by atoms with E-state index in [1.807, 2.05) is 0 Å². The van der Waals surface area contributed by atoms with Gasteiger partial charge in [-0.15, -0.1) is 0 Å². The number of carbonyl (C=O) groups is 1. The number of esters is 1. The molecule has 0 amide bonds. The Balaban J connectivity index is 2.19. The van der Waals surface area contributed by atoms with Crippen LogP contribution in [0.1, 0.15) is 36.5 Å². The van der Waals surface area contributed by atoms with Crippen molar-refractivity contribution in [3.05, 3.63) is 17.0 Å². The van der Waals surface area contributed by atoms with Crippen molar-refractivity contribution >= 4 is 23.4 Å². The van der Waals surface area contributed by atoms with Gasteiger partial charge < -0.3 is 10.1 Å². The smallest absolute Gasteiger partial charge is 0.343 e. The summed E-state index contributed by atoms with van der Waals surface area (Å²) in [5, 5.41) is 3.32. The molecule has 0 bridgehead atoms. The van der Waals surface area contributed by atoms with Gasteiger partial charge in [0.15, 0.2) is 0 Å². The van der Waals surface area contributed by atoms with Gasteiger partial charge in [-0.1, -0.05) is 0 Å². The van der Waals surface area contributed by atoms with Crippen molar-refractivity contribution in [2.75, 3.05) is 11.9 Å². The molecule has 1 saturated carbocycles. The van der Waals surface area contributed by atoms with Crippen molar-refractivity contribution in [3.63, 3.8) is 0 Å². The zero-order valence-electron chi connectivity index (χ0n) is 9.57. The number of hydrogen-bond acceptors (Lipinski definition) is 5. The predicted octanol–water partition coefficient (Wildman–Crippen LogP) is 2.27. The molecule has 0 atom stereocenters. The van der Waals surface area contributed by atoms with Crippen molar-refractivity contribution in [1.29, 1.82) is 0 Å². The van der Waals surface area contributed by atoms with Gasteiger partial charge in [-0.3, -0.25) is 0 Å². The van der Waals surface area contributed by atoms with Crippen LogP contribution >= 0.6 is 11.6 Å². The Labute approximate surface area is 105 Å². The van der Waals surface area contributed by atoms with E-state index in [0.29, 0.717) is 24.0 Å². The zero-order chi connectivity index (χ0) is 12.3. The van der Waals surface area contributed by atoms with E-state index in [1.54, 1.807) is 6.92 Å². The molecule has 0 saturated heterocycles. The van der Waals surface area contributed by atoms with E-state index in [4.69, 9.17) is 16.3 Å². The molecule has 1 aromatic rings. The number of hydrogen-bond donors (Lipinski definition) is 1. The average molecular weight is 256 g/mol. The maximum Gasteiger partial charge on any atom is 0.343 e. The standard InChI is InChI=1S/C11H14ClN3O2/c1-2-17-10(16)8-6-13-11(12)15-9(8)14-7-4-3-5-7/h6-7H,2-5H2,1H3,(H,13,14,15). The quantitative estimate of drug-likeness (QED) is 0.661. The minimum atomic E-state index is -0.425. The monoisotopic (exact) mass is 255 g/mol. The number of halogens is 1. The molecule has 1 N–H and O–H groups in total. The van der Waals surface area contributed by atoms with Crippen LogP contribution in [-0.4, -0.2) is 28.6 Å². The highest BCUT2D eigenvalue weighted by molar-refractivity contribution is 6.28. The van der Waals surface area contributed by atoms with Gasteiger partial charge >= 0.3 is 5.97 Å². The molecule has 5 nitrogen and oxygen atoms in total. The fraction of sp³-hybridized carbons (Fsp3) is 0.545. The molecule has 17 heavy (non-hydrogen) atoms. The summed E-state index contributed by atoms with van der Waals surface area (Å²) in [7, 11) is 0. The van der Waals surface area contributed by atoms with Crippen LogP contribution in [0.3, 0.4) is 0 Å². The molecule has 0 aromatic carbocycles. The number of nitrogens with zero attached hydrogens (tertiary/aromatic N) is 2. The summed E-state index contributed by atoms with van der Waals surface area (Å²) >= 11 is 5.73. The lowest BCUT2D eigenvalue weighted by atomic mass is 9.93. The second-order valence-corrected chi connectivity index (χ2v) is 4.23. The maximum absolute atomic E-state index is 11.7. The fourth-order valence-corrected chi connectivity index (χ4v) is 1.71. The zero-order valence-corrected chi connectivity index (χ0v) is 10.3. The highest BCUT2D eigenvalue weighted by Gasteiger charge is 2.22. The highest BCUT2D eigenvalue weighted by atomic mass is 35.5. The molecular weight excluding hydrogens is 242 g/mol. The summed E-state index contributed by atoms with van der Waals surface area (Å²) in [5.74, 6) is 0.0409. The first-order valence-corrected chi connectivity index (χ1v) is 6.04. The minimum Gasteiger partial charge on any atom is -0.462 e. The lowest BCUT2D eigenvalue weighted by molar-refractivity contribution is 0.0526. The van der Waals surface area contributed by atoms with Crippen molar-refractivity contribution in [2.45, 2.75) is 32.2 Å². The third-order valence-electron chi connectivity index (χ3n) is 2.70. The molecule has 1 aromatic heterocycles. The molecule has 0 unspecified atom stereocenters. The van der Waals surface area contributed by atoms with Crippen molar-refractivity contribution in [1.82, 2.24) is 9.97 Å². The van der Waals surface area contributed by atoms with Gasteiger partial charge in [0.2, 0.25) is 5.28 Å². The van der Waals surface area contributed by atoms with Crippen LogP contribution in [-0.2, 0) is 4.74 Å². The molecule has 0 spiro atoms. The van der Waals surface area contributed by atoms with Gasteiger partial charge in [0.1, 0.15) is 11.4 Å². The molecule has 92 valence electrons. The number of rotatable bonds is 4. The van der Waals surface area contributed by atoms with Crippen LogP contribution < -0.4 is 5.32 Å². The molecule has 1 aliphatic carbocycles. The summed E-state index contributed by atoms with van der Waals surface area (Å²) in [6.45, 7) is 2.08. The second-order valence-electron chi connectivity index (χ2n) is 3.89. The van der Waals surface area contributed by atoms with Gasteiger partial charge in [-0.05, 0) is 37.8 Å². The van der Waals surface area contributed by atoms with E-state index in [9.17, 15) is 4.79 Å². The van der Waals surface area contributed by atoms with E-state index < -0.39 is 5.97 Å². The van der Waals surface area contributed by atoms with Crippen molar-refractivity contribution in [2.24, 2.45) is 0 Å². The summed E-state index contributed by atoms with van der Waals surface area (Å²) in [6, 6.07) is 0.370. The Morgan fingerprint density at radius 2 is 2.41 bits per heavy atom. The molecule has 0 aliphatic heterocycles. The summed E-state index contributed by atoms with van der Waals surface area (Å²) < 4.78 is 4.94. The lowest BCUT2D eigenvalue weighted by Crippen LogP contribution is -2.28. The first-order chi connectivity index (χ1) is 8.20. The minimum absolute atomic E-state index is 0.125. The predicted molar refractivity (Wildman–Crippen MR) is 64.3 cm³/mol. The Morgan fingerprint density at radius 1 is 1.65 bits per heavy atom. The maximum atomic E-state index is 11.7. The largest absolute Gasteiger partial charge is 0.462 e. The SMILES string of the molecule is CCOC(=O)c1cnc(Cl)nc1NC1CCC1. The number of ether oxygens (including phenoxy) is 1. The Hall–Kier alpha value is -1.36. The third-order valence-corrected chi connectivity index (χ3v) is 2.88. The normalized spacial score (nSPS) is 15.2. The van der Waals surface area contributed by atoms with Crippen LogP contribution in [0.2, 0.25) is 5.28 Å². The summed E-state index contributed by atoms with van der Waals surface area (Å²) in [4.78, 5) is 19.5. The van der Waals surface area contributed by atoms with E-state index in [0.717, 1.165) is 12.8 Å². The fourth-order valence-electron chi connectivity index (χ4n) is 1.57. The summed E-state index contributed by atoms with van der Waals surface area (Å²) in [6.07, 6.45) is 4.77. The number of anilines is 1. The Morgan fingerprint density at radius 3 is 3.00 bits per heavy atom. The van der Waals surface area contributed by atoms with Gasteiger partial charge in [0.05, 0.1) is 6.61 Å². The van der Waals surface area contributed by atoms with Gasteiger partial charge in [0.25, 0.3) is 0 Å². The molecule has 1 fully saturated rings. The molecule has 0 radical (unpaired) electrons. The Kier molecular flexibility index (Phi) is 3.78. The third kappa shape index (κ3) is 2.85. The first-order valence-electron chi connectivity index (χ1n) is 5.67. The van der Waals surface area contributed by atoms with Crippen LogP contribution in [0.4, 0.5) is 5.82 Å². The van der Waals surface area contributed by atoms with E-state index in [1.165, 1.54) is 12.6 Å². The average Bonchev–Trinajstić information content (AvgIpc) is 2.24. The van der Waals surface area contributed by atoms with Crippen LogP contribution in [0, 0.1) is 0 Å². The topological polar surface area (TPSA) is 64.1 Å². The first kappa shape index (κ1) is 12.1. The Bertz CT molecular complexity index is 421. The van der Waals surface area contributed by atoms with E-state index >= 15 is 0 Å². The number of carbonyl (C=O) groups excluding carboxylic acids is 1. The van der Waals surface area contributed by atoms with Gasteiger partial charge in [0, 0.05) is 12.2 Å². The van der Waals surface area contributed by atoms with Crippen molar-refractivity contribution < 1.29 is 9.53 Å². The number of nitrogens with one attached hydrogen (secondary N) is 1. The lowest BCUT2D eigenvalue weighted by Gasteiger charge is -2.27. The second kappa shape index (κ2) is 5.31. The molecule has 1 aliphatic rings. The van der Waals surface area contributed by atoms with Crippen molar-refractivity contribution in [3.8, 4) is 0 Å². The number of aromatic nitrogens is 2. The molecular formula is C11H14ClN3O2. The molecule has 6 heteroatoms. The molecule has 1 heterocycles. The van der Waals surface area contributed by atoms with E-state index in [2.05, 4.69) is 15.3 Å².